The second kappa shape index (κ2) is 18.8. The van der Waals surface area contributed by atoms with Crippen LogP contribution < -0.4 is 25.7 Å². The van der Waals surface area contributed by atoms with Crippen molar-refractivity contribution < 1.29 is 28.9 Å². The van der Waals surface area contributed by atoms with Crippen LogP contribution in [0.3, 0.4) is 0 Å². The van der Waals surface area contributed by atoms with Crippen molar-refractivity contribution in [2.24, 2.45) is 0 Å². The van der Waals surface area contributed by atoms with Crippen molar-refractivity contribution in [3.63, 3.8) is 0 Å². The highest BCUT2D eigenvalue weighted by Gasteiger charge is 2.26. The Bertz CT molecular complexity index is 1790. The average molecular weight is 681 g/mol. The molecule has 0 saturated carbocycles. The normalized spacial score (nSPS) is 12.6. The third-order valence-corrected chi connectivity index (χ3v) is 7.86. The van der Waals surface area contributed by atoms with Crippen LogP contribution in [0.1, 0.15) is 94.4 Å². The first kappa shape index (κ1) is 37.2. The fourth-order valence-electron chi connectivity index (χ4n) is 4.97. The first-order valence-corrected chi connectivity index (χ1v) is 16.6. The molecule has 2 heterocycles. The summed E-state index contributed by atoms with van der Waals surface area (Å²) < 4.78 is 15.9. The average Bonchev–Trinajstić information content (AvgIpc) is 3.81. The lowest BCUT2D eigenvalue weighted by molar-refractivity contribution is 0.111. The number of methoxy groups -OCH3 is 1. The number of nitrogens with two attached hydrogens (primary N) is 2. The molecular weight excluding hydrogens is 636 g/mol. The SMILES string of the molecule is CCCCOc1nc(N)c2c(n1)C(C(O)c1ccc(C=O)cc1)=CC2.CCCCOc1nc(N)c2c(n1)C=CC2.COc1ccc(C=O)cc1. The van der Waals surface area contributed by atoms with Crippen molar-refractivity contribution in [2.45, 2.75) is 58.5 Å². The number of hydrogen-bond acceptors (Lipinski definition) is 12. The highest BCUT2D eigenvalue weighted by Crippen LogP contribution is 2.38. The van der Waals surface area contributed by atoms with Crippen LogP contribution in [-0.4, -0.2) is 57.9 Å². The number of allylic oxidation sites excluding steroid dienone is 2. The number of hydrogen-bond donors (Lipinski definition) is 3. The predicted molar refractivity (Wildman–Crippen MR) is 193 cm³/mol. The van der Waals surface area contributed by atoms with Crippen LogP contribution in [0, 0.1) is 0 Å². The third-order valence-electron chi connectivity index (χ3n) is 7.86. The smallest absolute Gasteiger partial charge is 0.318 e. The summed E-state index contributed by atoms with van der Waals surface area (Å²) in [6.07, 6.45) is 12.1. The van der Waals surface area contributed by atoms with Gasteiger partial charge in [-0.05, 0) is 61.6 Å². The van der Waals surface area contributed by atoms with Crippen LogP contribution in [0.25, 0.3) is 11.6 Å². The Morgan fingerprint density at radius 2 is 1.34 bits per heavy atom. The Labute approximate surface area is 292 Å². The van der Waals surface area contributed by atoms with Crippen LogP contribution in [0.2, 0.25) is 0 Å². The summed E-state index contributed by atoms with van der Waals surface area (Å²) >= 11 is 0. The molecule has 262 valence electrons. The zero-order valence-corrected chi connectivity index (χ0v) is 28.7. The molecule has 5 N–H and O–H groups in total. The number of aromatic nitrogens is 4. The highest BCUT2D eigenvalue weighted by molar-refractivity contribution is 5.78. The molecule has 6 rings (SSSR count). The number of carbonyl (C=O) groups is 2. The van der Waals surface area contributed by atoms with Crippen molar-refractivity contribution in [1.29, 1.82) is 0 Å². The predicted octanol–water partition coefficient (Wildman–Crippen LogP) is 6.04. The van der Waals surface area contributed by atoms with E-state index >= 15 is 0 Å². The Morgan fingerprint density at radius 3 is 1.90 bits per heavy atom. The summed E-state index contributed by atoms with van der Waals surface area (Å²) in [6.45, 7) is 5.38. The number of aldehydes is 2. The number of unbranched alkanes of at least 4 members (excludes halogenated alkanes) is 2. The number of ether oxygens (including phenoxy) is 3. The summed E-state index contributed by atoms with van der Waals surface area (Å²) in [6, 6.07) is 14.4. The Morgan fingerprint density at radius 1 is 0.780 bits per heavy atom. The van der Waals surface area contributed by atoms with Crippen molar-refractivity contribution in [1.82, 2.24) is 19.9 Å². The van der Waals surface area contributed by atoms with E-state index < -0.39 is 6.10 Å². The maximum absolute atomic E-state index is 10.8. The first-order valence-electron chi connectivity index (χ1n) is 16.6. The number of rotatable bonds is 13. The fraction of sp³-hybridized carbons (Fsp3) is 0.316. The van der Waals surface area contributed by atoms with Crippen LogP contribution in [0.15, 0.2) is 60.7 Å². The minimum atomic E-state index is -0.847. The molecule has 0 fully saturated rings. The Kier molecular flexibility index (Phi) is 14.0. The van der Waals surface area contributed by atoms with Gasteiger partial charge in [0.15, 0.2) is 0 Å². The van der Waals surface area contributed by atoms with E-state index in [1.807, 2.05) is 18.2 Å². The third kappa shape index (κ3) is 9.95. The van der Waals surface area contributed by atoms with Gasteiger partial charge in [0.25, 0.3) is 0 Å². The van der Waals surface area contributed by atoms with Gasteiger partial charge in [0.05, 0.1) is 31.7 Å². The van der Waals surface area contributed by atoms with Gasteiger partial charge in [0, 0.05) is 27.8 Å². The Balaban J connectivity index is 0.000000189. The zero-order chi connectivity index (χ0) is 35.9. The lowest BCUT2D eigenvalue weighted by Crippen LogP contribution is -2.09. The van der Waals surface area contributed by atoms with E-state index in [9.17, 15) is 14.7 Å². The molecule has 2 aromatic heterocycles. The van der Waals surface area contributed by atoms with E-state index in [1.165, 1.54) is 0 Å². The van der Waals surface area contributed by atoms with E-state index in [1.54, 1.807) is 55.6 Å². The molecule has 2 aliphatic rings. The van der Waals surface area contributed by atoms with E-state index in [0.717, 1.165) is 67.2 Å². The summed E-state index contributed by atoms with van der Waals surface area (Å²) in [5.74, 6) is 1.69. The van der Waals surface area contributed by atoms with Gasteiger partial charge in [0.1, 0.15) is 36.1 Å². The van der Waals surface area contributed by atoms with E-state index in [4.69, 9.17) is 25.7 Å². The van der Waals surface area contributed by atoms with Gasteiger partial charge in [-0.15, -0.1) is 0 Å². The molecule has 12 nitrogen and oxygen atoms in total. The zero-order valence-electron chi connectivity index (χ0n) is 28.7. The van der Waals surface area contributed by atoms with Gasteiger partial charge in [0.2, 0.25) is 0 Å². The molecule has 12 heteroatoms. The molecule has 50 heavy (non-hydrogen) atoms. The summed E-state index contributed by atoms with van der Waals surface area (Å²) in [4.78, 5) is 38.0. The first-order chi connectivity index (χ1) is 24.3. The van der Waals surface area contributed by atoms with Crippen molar-refractivity contribution in [3.05, 3.63) is 99.9 Å². The monoisotopic (exact) mass is 680 g/mol. The van der Waals surface area contributed by atoms with Crippen LogP contribution >= 0.6 is 0 Å². The number of benzene rings is 2. The minimum absolute atomic E-state index is 0.237. The molecule has 1 unspecified atom stereocenters. The lowest BCUT2D eigenvalue weighted by Gasteiger charge is -2.15. The van der Waals surface area contributed by atoms with Gasteiger partial charge in [-0.1, -0.05) is 63.1 Å². The number of nitrogen functional groups attached to an aromatic ring is 2. The molecule has 2 aromatic carbocycles. The summed E-state index contributed by atoms with van der Waals surface area (Å²) in [5.41, 5.74) is 17.8. The second-order valence-electron chi connectivity index (χ2n) is 11.4. The maximum atomic E-state index is 10.8. The number of aliphatic hydroxyl groups excluding tert-OH is 1. The lowest BCUT2D eigenvalue weighted by atomic mass is 9.99. The molecule has 0 amide bonds. The number of anilines is 2. The van der Waals surface area contributed by atoms with Gasteiger partial charge in [-0.25, -0.2) is 0 Å². The number of nitrogens with zero attached hydrogens (tertiary/aromatic N) is 4. The molecule has 4 aromatic rings. The van der Waals surface area contributed by atoms with Gasteiger partial charge < -0.3 is 30.8 Å². The highest BCUT2D eigenvalue weighted by atomic mass is 16.5. The van der Waals surface area contributed by atoms with E-state index in [-0.39, 0.29) is 6.01 Å². The molecule has 0 spiro atoms. The quantitative estimate of drug-likeness (QED) is 0.110. The largest absolute Gasteiger partial charge is 0.497 e. The second-order valence-corrected chi connectivity index (χ2v) is 11.4. The molecule has 2 aliphatic carbocycles. The molecule has 0 saturated heterocycles. The number of fused-ring (bicyclic) bond motifs is 2. The molecule has 0 aliphatic heterocycles. The van der Waals surface area contributed by atoms with Crippen molar-refractivity contribution >= 4 is 35.9 Å². The molecule has 1 atom stereocenters. The number of aliphatic hydroxyl groups is 1. The maximum Gasteiger partial charge on any atom is 0.318 e. The van der Waals surface area contributed by atoms with Crippen molar-refractivity contribution in [2.75, 3.05) is 31.8 Å². The summed E-state index contributed by atoms with van der Waals surface area (Å²) in [7, 11) is 1.59. The Hall–Kier alpha value is -5.62. The number of carbonyl (C=O) groups excluding carboxylic acids is 2. The van der Waals surface area contributed by atoms with E-state index in [2.05, 4.69) is 33.8 Å². The topological polar surface area (TPSA) is 186 Å². The minimum Gasteiger partial charge on any atom is -0.497 e. The van der Waals surface area contributed by atoms with Gasteiger partial charge in [-0.3, -0.25) is 9.59 Å². The molecular formula is C38H44N6O6. The van der Waals surface area contributed by atoms with E-state index in [0.29, 0.717) is 65.2 Å². The van der Waals surface area contributed by atoms with Crippen LogP contribution in [0.4, 0.5) is 11.6 Å². The summed E-state index contributed by atoms with van der Waals surface area (Å²) in [5, 5.41) is 10.7. The fourth-order valence-corrected chi connectivity index (χ4v) is 4.97. The molecule has 0 radical (unpaired) electrons. The van der Waals surface area contributed by atoms with Crippen molar-refractivity contribution in [3.8, 4) is 17.8 Å². The van der Waals surface area contributed by atoms with Gasteiger partial charge in [-0.2, -0.15) is 19.9 Å². The van der Waals surface area contributed by atoms with Gasteiger partial charge >= 0.3 is 12.0 Å². The standard InChI is InChI=1S/C19H21N3O3.C11H15N3O.C8H8O2/c1-2-3-10-25-19-21-16-14(8-9-15(16)18(20)22-19)17(24)13-6-4-12(11-23)5-7-13;1-2-3-7-15-11-13-9-6-4-5-8(9)10(12)14-11;1-10-8-4-2-7(6-9)3-5-8/h4-8,11,17,24H,2-3,9-10H2,1H3,(H2,20,21,22);4,6H,2-3,5,7H2,1H3,(H2,12,13,14);2-6H,1H3. The van der Waals surface area contributed by atoms with Crippen LogP contribution in [-0.2, 0) is 12.8 Å². The van der Waals surface area contributed by atoms with Crippen LogP contribution in [0.5, 0.6) is 17.8 Å². The molecule has 0 bridgehead atoms.